The van der Waals surface area contributed by atoms with Gasteiger partial charge < -0.3 is 0 Å². The van der Waals surface area contributed by atoms with Gasteiger partial charge in [0.25, 0.3) is 0 Å². The van der Waals surface area contributed by atoms with Crippen LogP contribution in [0, 0.1) is 0 Å². The van der Waals surface area contributed by atoms with Crippen molar-refractivity contribution in [2.24, 2.45) is 0 Å². The van der Waals surface area contributed by atoms with Gasteiger partial charge in [0.1, 0.15) is 10.0 Å². The summed E-state index contributed by atoms with van der Waals surface area (Å²) in [5, 5.41) is 9.50. The van der Waals surface area contributed by atoms with Crippen LogP contribution in [0.25, 0.3) is 0 Å². The topological polar surface area (TPSA) is 25.8 Å². The molecule has 1 aliphatic rings. The lowest BCUT2D eigenvalue weighted by Crippen LogP contribution is -2.23. The molecule has 1 aromatic rings. The molecule has 1 aliphatic carbocycles. The van der Waals surface area contributed by atoms with E-state index in [1.807, 2.05) is 6.92 Å². The van der Waals surface area contributed by atoms with Crippen molar-refractivity contribution in [3.8, 4) is 0 Å². The van der Waals surface area contributed by atoms with E-state index in [9.17, 15) is 8.78 Å². The van der Waals surface area contributed by atoms with E-state index < -0.39 is 5.92 Å². The fraction of sp³-hybridized carbons (Fsp3) is 0.800. The highest BCUT2D eigenvalue weighted by atomic mass is 35.5. The van der Waals surface area contributed by atoms with E-state index in [-0.39, 0.29) is 24.1 Å². The third-order valence-corrected chi connectivity index (χ3v) is 4.47. The molecule has 0 bridgehead atoms. The van der Waals surface area contributed by atoms with E-state index in [1.165, 1.54) is 11.3 Å². The number of hydrogen-bond donors (Lipinski definition) is 0. The molecule has 1 fully saturated rings. The Kier molecular flexibility index (Phi) is 3.45. The zero-order valence-corrected chi connectivity index (χ0v) is 10.5. The van der Waals surface area contributed by atoms with Crippen LogP contribution in [0.3, 0.4) is 0 Å². The predicted octanol–water partition coefficient (Wildman–Crippen LogP) is 4.13. The highest BCUT2D eigenvalue weighted by Crippen LogP contribution is 2.42. The summed E-state index contributed by atoms with van der Waals surface area (Å²) >= 11 is 7.34. The quantitative estimate of drug-likeness (QED) is 0.752. The molecule has 1 unspecified atom stereocenters. The first-order valence-corrected chi connectivity index (χ1v) is 6.58. The Morgan fingerprint density at radius 3 is 2.50 bits per heavy atom. The minimum absolute atomic E-state index is 0.0387. The lowest BCUT2D eigenvalue weighted by molar-refractivity contribution is -0.0382. The molecule has 1 aromatic heterocycles. The Hall–Kier alpha value is -0.290. The summed E-state index contributed by atoms with van der Waals surface area (Å²) in [5.74, 6) is -2.34. The van der Waals surface area contributed by atoms with Crippen molar-refractivity contribution in [3.05, 3.63) is 10.0 Å². The molecular weight excluding hydrogens is 254 g/mol. The van der Waals surface area contributed by atoms with Crippen LogP contribution in [-0.4, -0.2) is 16.1 Å². The minimum Gasteiger partial charge on any atom is -0.207 e. The Labute approximate surface area is 102 Å². The maximum atomic E-state index is 13.0. The second-order valence-corrected chi connectivity index (χ2v) is 5.92. The molecule has 0 radical (unpaired) electrons. The van der Waals surface area contributed by atoms with Gasteiger partial charge in [0, 0.05) is 18.8 Å². The smallest absolute Gasteiger partial charge is 0.207 e. The van der Waals surface area contributed by atoms with Crippen LogP contribution in [0.2, 0.25) is 0 Å². The van der Waals surface area contributed by atoms with Crippen LogP contribution < -0.4 is 0 Å². The predicted molar refractivity (Wildman–Crippen MR) is 60.3 cm³/mol. The second kappa shape index (κ2) is 4.53. The van der Waals surface area contributed by atoms with Crippen LogP contribution in [-0.2, 0) is 0 Å². The molecule has 1 heterocycles. The molecule has 2 nitrogen and oxygen atoms in total. The van der Waals surface area contributed by atoms with Gasteiger partial charge in [-0.05, 0) is 19.8 Å². The fourth-order valence-corrected chi connectivity index (χ4v) is 2.98. The highest BCUT2D eigenvalue weighted by Gasteiger charge is 2.36. The van der Waals surface area contributed by atoms with Crippen molar-refractivity contribution in [2.45, 2.75) is 49.8 Å². The fourth-order valence-electron chi connectivity index (χ4n) is 1.86. The number of aromatic nitrogens is 2. The molecule has 1 atom stereocenters. The van der Waals surface area contributed by atoms with Gasteiger partial charge in [-0.2, -0.15) is 0 Å². The lowest BCUT2D eigenvalue weighted by Gasteiger charge is -2.26. The van der Waals surface area contributed by atoms with Crippen molar-refractivity contribution in [2.75, 3.05) is 0 Å². The van der Waals surface area contributed by atoms with E-state index in [0.717, 1.165) is 10.0 Å². The maximum absolute atomic E-state index is 13.0. The molecule has 0 spiro atoms. The van der Waals surface area contributed by atoms with Crippen molar-refractivity contribution >= 4 is 22.9 Å². The summed E-state index contributed by atoms with van der Waals surface area (Å²) in [6.07, 6.45) is 0.919. The number of rotatable bonds is 2. The van der Waals surface area contributed by atoms with E-state index >= 15 is 0 Å². The summed E-state index contributed by atoms with van der Waals surface area (Å²) < 4.78 is 25.9. The number of alkyl halides is 3. The zero-order chi connectivity index (χ0) is 11.8. The van der Waals surface area contributed by atoms with Gasteiger partial charge in [-0.15, -0.1) is 21.8 Å². The van der Waals surface area contributed by atoms with Gasteiger partial charge >= 0.3 is 0 Å². The molecule has 2 rings (SSSR count). The van der Waals surface area contributed by atoms with Crippen LogP contribution >= 0.6 is 22.9 Å². The number of nitrogens with zero attached hydrogens (tertiary/aromatic N) is 2. The molecule has 90 valence electrons. The Morgan fingerprint density at radius 2 is 2.00 bits per heavy atom. The summed E-state index contributed by atoms with van der Waals surface area (Å²) in [6, 6.07) is 0. The first-order valence-electron chi connectivity index (χ1n) is 5.33. The molecule has 1 saturated carbocycles. The third-order valence-electron chi connectivity index (χ3n) is 2.86. The number of hydrogen-bond acceptors (Lipinski definition) is 3. The SMILES string of the molecule is CC(Cl)c1nnc(C2CCC(F)(F)CC2)s1. The molecule has 0 aromatic carbocycles. The van der Waals surface area contributed by atoms with Crippen molar-refractivity contribution in [1.29, 1.82) is 0 Å². The van der Waals surface area contributed by atoms with Gasteiger partial charge in [-0.1, -0.05) is 11.3 Å². The van der Waals surface area contributed by atoms with Crippen molar-refractivity contribution in [1.82, 2.24) is 10.2 Å². The Balaban J connectivity index is 2.03. The first-order chi connectivity index (χ1) is 7.48. The summed E-state index contributed by atoms with van der Waals surface area (Å²) in [5.41, 5.74) is 0. The minimum atomic E-state index is -2.48. The normalized spacial score (nSPS) is 23.2. The van der Waals surface area contributed by atoms with E-state index in [1.54, 1.807) is 0 Å². The van der Waals surface area contributed by atoms with Gasteiger partial charge in [0.2, 0.25) is 5.92 Å². The monoisotopic (exact) mass is 266 g/mol. The molecule has 6 heteroatoms. The standard InChI is InChI=1S/C10H13ClF2N2S/c1-6(11)8-14-15-9(16-8)7-2-4-10(12,13)5-3-7/h6-7H,2-5H2,1H3. The van der Waals surface area contributed by atoms with Crippen LogP contribution in [0.5, 0.6) is 0 Å². The van der Waals surface area contributed by atoms with Crippen molar-refractivity contribution < 1.29 is 8.78 Å². The largest absolute Gasteiger partial charge is 0.248 e. The van der Waals surface area contributed by atoms with Gasteiger partial charge in [-0.25, -0.2) is 8.78 Å². The molecule has 0 amide bonds. The highest BCUT2D eigenvalue weighted by molar-refractivity contribution is 7.11. The Morgan fingerprint density at radius 1 is 1.38 bits per heavy atom. The van der Waals surface area contributed by atoms with Gasteiger partial charge in [-0.3, -0.25) is 0 Å². The average Bonchev–Trinajstić information content (AvgIpc) is 2.66. The van der Waals surface area contributed by atoms with E-state index in [2.05, 4.69) is 10.2 Å². The number of halogens is 3. The average molecular weight is 267 g/mol. The molecule has 0 N–H and O–H groups in total. The van der Waals surface area contributed by atoms with E-state index in [4.69, 9.17) is 11.6 Å². The first kappa shape index (κ1) is 12.2. The summed E-state index contributed by atoms with van der Waals surface area (Å²) in [7, 11) is 0. The molecule has 0 aliphatic heterocycles. The van der Waals surface area contributed by atoms with Gasteiger partial charge in [0.15, 0.2) is 0 Å². The zero-order valence-electron chi connectivity index (χ0n) is 8.92. The molecule has 16 heavy (non-hydrogen) atoms. The van der Waals surface area contributed by atoms with Crippen LogP contribution in [0.1, 0.15) is 53.9 Å². The summed E-state index contributed by atoms with van der Waals surface area (Å²) in [4.78, 5) is 0. The second-order valence-electron chi connectivity index (χ2n) is 4.22. The lowest BCUT2D eigenvalue weighted by atomic mass is 9.87. The summed E-state index contributed by atoms with van der Waals surface area (Å²) in [6.45, 7) is 1.83. The van der Waals surface area contributed by atoms with E-state index in [0.29, 0.717) is 12.8 Å². The van der Waals surface area contributed by atoms with Gasteiger partial charge in [0.05, 0.1) is 5.38 Å². The maximum Gasteiger partial charge on any atom is 0.248 e. The molecular formula is C10H13ClF2N2S. The van der Waals surface area contributed by atoms with Crippen LogP contribution in [0.4, 0.5) is 8.78 Å². The third kappa shape index (κ3) is 2.69. The van der Waals surface area contributed by atoms with Crippen molar-refractivity contribution in [3.63, 3.8) is 0 Å². The Bertz CT molecular complexity index is 357. The molecule has 0 saturated heterocycles. The van der Waals surface area contributed by atoms with Crippen LogP contribution in [0.15, 0.2) is 0 Å².